The maximum absolute atomic E-state index is 13.9. The lowest BCUT2D eigenvalue weighted by Crippen LogP contribution is -2.39. The number of allylic oxidation sites excluding steroid dienone is 1. The third-order valence-corrected chi connectivity index (χ3v) is 7.77. The highest BCUT2D eigenvalue weighted by molar-refractivity contribution is 7.07. The number of carbonyl (C=O) groups excluding carboxylic acids is 1. The predicted molar refractivity (Wildman–Crippen MR) is 164 cm³/mol. The Balaban J connectivity index is 1.46. The van der Waals surface area contributed by atoms with Crippen LogP contribution in [-0.4, -0.2) is 44.6 Å². The van der Waals surface area contributed by atoms with Crippen LogP contribution < -0.4 is 33.8 Å². The molecule has 0 saturated heterocycles. The maximum Gasteiger partial charge on any atom is 0.338 e. The minimum atomic E-state index is -0.702. The summed E-state index contributed by atoms with van der Waals surface area (Å²) in [6.45, 7) is 4.41. The summed E-state index contributed by atoms with van der Waals surface area (Å²) in [7, 11) is 3.15. The number of methoxy groups -OCH3 is 2. The lowest BCUT2D eigenvalue weighted by atomic mass is 9.96. The lowest BCUT2D eigenvalue weighted by Gasteiger charge is -2.24. The Kier molecular flexibility index (Phi) is 9.26. The average Bonchev–Trinajstić information content (AvgIpc) is 3.33. The second-order valence-corrected chi connectivity index (χ2v) is 10.5. The summed E-state index contributed by atoms with van der Waals surface area (Å²) in [6, 6.07) is 21.6. The van der Waals surface area contributed by atoms with Gasteiger partial charge < -0.3 is 23.7 Å². The van der Waals surface area contributed by atoms with Gasteiger partial charge in [0.05, 0.1) is 42.7 Å². The van der Waals surface area contributed by atoms with Crippen LogP contribution in [0.3, 0.4) is 0 Å². The van der Waals surface area contributed by atoms with Crippen LogP contribution in [0.4, 0.5) is 0 Å². The van der Waals surface area contributed by atoms with Crippen LogP contribution in [0.1, 0.15) is 31.0 Å². The van der Waals surface area contributed by atoms with E-state index in [0.29, 0.717) is 51.1 Å². The van der Waals surface area contributed by atoms with Gasteiger partial charge in [0, 0.05) is 0 Å². The van der Waals surface area contributed by atoms with Gasteiger partial charge in [-0.25, -0.2) is 9.79 Å². The fraction of sp³-hybridized carbons (Fsp3) is 0.242. The molecule has 43 heavy (non-hydrogen) atoms. The third kappa shape index (κ3) is 6.49. The second kappa shape index (κ2) is 13.4. The fourth-order valence-electron chi connectivity index (χ4n) is 4.77. The summed E-state index contributed by atoms with van der Waals surface area (Å²) in [4.78, 5) is 32.1. The van der Waals surface area contributed by atoms with Crippen LogP contribution in [0.15, 0.2) is 93.9 Å². The molecule has 5 rings (SSSR count). The molecule has 3 aromatic carbocycles. The molecule has 10 heteroatoms. The quantitative estimate of drug-likeness (QED) is 0.187. The van der Waals surface area contributed by atoms with Gasteiger partial charge in [-0.3, -0.25) is 9.36 Å². The van der Waals surface area contributed by atoms with Crippen LogP contribution in [-0.2, 0) is 9.53 Å². The Morgan fingerprint density at radius 2 is 1.67 bits per heavy atom. The molecule has 1 atom stereocenters. The van der Waals surface area contributed by atoms with Crippen molar-refractivity contribution in [1.29, 1.82) is 0 Å². The summed E-state index contributed by atoms with van der Waals surface area (Å²) < 4.78 is 29.8. The first kappa shape index (κ1) is 29.7. The Morgan fingerprint density at radius 3 is 2.37 bits per heavy atom. The Hall–Kier alpha value is -4.83. The third-order valence-electron chi connectivity index (χ3n) is 6.79. The van der Waals surface area contributed by atoms with Gasteiger partial charge in [0.1, 0.15) is 24.7 Å². The number of fused-ring (bicyclic) bond motifs is 1. The van der Waals surface area contributed by atoms with Crippen LogP contribution in [0, 0.1) is 0 Å². The van der Waals surface area contributed by atoms with E-state index in [-0.39, 0.29) is 12.2 Å². The largest absolute Gasteiger partial charge is 0.497 e. The monoisotopic (exact) mass is 600 g/mol. The zero-order chi connectivity index (χ0) is 30.3. The van der Waals surface area contributed by atoms with E-state index in [9.17, 15) is 9.59 Å². The minimum Gasteiger partial charge on any atom is -0.497 e. The van der Waals surface area contributed by atoms with E-state index in [2.05, 4.69) is 4.99 Å². The van der Waals surface area contributed by atoms with Crippen LogP contribution in [0.5, 0.6) is 23.0 Å². The first-order valence-corrected chi connectivity index (χ1v) is 14.6. The number of ether oxygens (including phenoxy) is 5. The highest BCUT2D eigenvalue weighted by atomic mass is 32.1. The average molecular weight is 601 g/mol. The summed E-state index contributed by atoms with van der Waals surface area (Å²) in [6.07, 6.45) is 1.78. The molecule has 0 radical (unpaired) electrons. The molecular formula is C33H32N2O7S. The van der Waals surface area contributed by atoms with Gasteiger partial charge in [0.2, 0.25) is 0 Å². The highest BCUT2D eigenvalue weighted by Gasteiger charge is 2.33. The van der Waals surface area contributed by atoms with Crippen molar-refractivity contribution in [3.63, 3.8) is 0 Å². The lowest BCUT2D eigenvalue weighted by molar-refractivity contribution is -0.139. The SMILES string of the molecule is CCOC(=O)C1=C(C)N=c2s/c(=C\c3ccc(OCCOc4ccccc4)c(OC)c3)c(=O)n2[C@@H]1c1ccc(OC)cc1. The fourth-order valence-corrected chi connectivity index (χ4v) is 5.81. The van der Waals surface area contributed by atoms with Gasteiger partial charge in [-0.1, -0.05) is 47.7 Å². The number of nitrogens with zero attached hydrogens (tertiary/aromatic N) is 2. The number of benzene rings is 3. The first-order valence-electron chi connectivity index (χ1n) is 13.8. The van der Waals surface area contributed by atoms with Crippen molar-refractivity contribution < 1.29 is 28.5 Å². The van der Waals surface area contributed by atoms with E-state index in [1.165, 1.54) is 11.3 Å². The van der Waals surface area contributed by atoms with Gasteiger partial charge in [0.15, 0.2) is 16.3 Å². The number of hydrogen-bond donors (Lipinski definition) is 0. The van der Waals surface area contributed by atoms with Gasteiger partial charge in [-0.2, -0.15) is 0 Å². The van der Waals surface area contributed by atoms with E-state index in [1.54, 1.807) is 56.9 Å². The number of thiazole rings is 1. The van der Waals surface area contributed by atoms with E-state index < -0.39 is 12.0 Å². The van der Waals surface area contributed by atoms with Crippen molar-refractivity contribution in [2.45, 2.75) is 19.9 Å². The molecule has 1 aliphatic rings. The zero-order valence-electron chi connectivity index (χ0n) is 24.4. The molecule has 0 saturated carbocycles. The van der Waals surface area contributed by atoms with Crippen LogP contribution in [0.2, 0.25) is 0 Å². The zero-order valence-corrected chi connectivity index (χ0v) is 25.2. The minimum absolute atomic E-state index is 0.205. The number of esters is 1. The van der Waals surface area contributed by atoms with Crippen molar-refractivity contribution in [3.05, 3.63) is 115 Å². The normalized spacial score (nSPS) is 14.5. The molecule has 0 fully saturated rings. The summed E-state index contributed by atoms with van der Waals surface area (Å²) >= 11 is 1.25. The Morgan fingerprint density at radius 1 is 0.930 bits per heavy atom. The van der Waals surface area contributed by atoms with Gasteiger partial charge in [-0.15, -0.1) is 0 Å². The van der Waals surface area contributed by atoms with Gasteiger partial charge in [0.25, 0.3) is 5.56 Å². The molecule has 0 aliphatic carbocycles. The van der Waals surface area contributed by atoms with Crippen molar-refractivity contribution in [2.75, 3.05) is 34.0 Å². The standard InChI is InChI=1S/C33H32N2O7S/c1-5-40-32(37)29-21(2)34-33-35(30(29)23-12-14-24(38-3)15-13-23)31(36)28(43-33)20-22-11-16-26(27(19-22)39-4)42-18-17-41-25-9-7-6-8-10-25/h6-16,19-20,30H,5,17-18H2,1-4H3/b28-20-/t30-/m1/s1. The van der Waals surface area contributed by atoms with Gasteiger partial charge in [-0.05, 0) is 67.4 Å². The molecule has 0 unspecified atom stereocenters. The number of hydrogen-bond acceptors (Lipinski definition) is 9. The molecule has 9 nitrogen and oxygen atoms in total. The first-order chi connectivity index (χ1) is 20.9. The molecule has 0 amide bonds. The Labute approximate surface area is 252 Å². The number of para-hydroxylation sites is 1. The van der Waals surface area contributed by atoms with Crippen molar-refractivity contribution >= 4 is 23.4 Å². The van der Waals surface area contributed by atoms with Gasteiger partial charge >= 0.3 is 5.97 Å². The van der Waals surface area contributed by atoms with Crippen LogP contribution in [0.25, 0.3) is 6.08 Å². The summed E-state index contributed by atoms with van der Waals surface area (Å²) in [5, 5.41) is 0. The highest BCUT2D eigenvalue weighted by Crippen LogP contribution is 2.32. The molecule has 0 N–H and O–H groups in total. The van der Waals surface area contributed by atoms with Crippen molar-refractivity contribution in [2.24, 2.45) is 4.99 Å². The van der Waals surface area contributed by atoms with Crippen molar-refractivity contribution in [1.82, 2.24) is 4.57 Å². The predicted octanol–water partition coefficient (Wildman–Crippen LogP) is 4.27. The topological polar surface area (TPSA) is 97.6 Å². The molecular weight excluding hydrogens is 568 g/mol. The smallest absolute Gasteiger partial charge is 0.338 e. The van der Waals surface area contributed by atoms with Crippen molar-refractivity contribution in [3.8, 4) is 23.0 Å². The van der Waals surface area contributed by atoms with E-state index in [1.807, 2.05) is 54.6 Å². The summed E-state index contributed by atoms with van der Waals surface area (Å²) in [5.74, 6) is 2.02. The molecule has 1 aliphatic heterocycles. The molecule has 1 aromatic heterocycles. The van der Waals surface area contributed by atoms with E-state index in [4.69, 9.17) is 23.7 Å². The maximum atomic E-state index is 13.9. The second-order valence-electron chi connectivity index (χ2n) is 9.50. The molecule has 4 aromatic rings. The number of aromatic nitrogens is 1. The summed E-state index contributed by atoms with van der Waals surface area (Å²) in [5.41, 5.74) is 2.05. The molecule has 0 spiro atoms. The number of carbonyl (C=O) groups is 1. The van der Waals surface area contributed by atoms with E-state index in [0.717, 1.165) is 16.9 Å². The molecule has 2 heterocycles. The molecule has 0 bridgehead atoms. The Bertz CT molecular complexity index is 1810. The van der Waals surface area contributed by atoms with E-state index >= 15 is 0 Å². The molecule has 222 valence electrons. The number of rotatable bonds is 11. The van der Waals surface area contributed by atoms with Crippen LogP contribution >= 0.6 is 11.3 Å².